The van der Waals surface area contributed by atoms with Crippen LogP contribution in [0.5, 0.6) is 11.8 Å². The number of ether oxygens (including phenoxy) is 1. The third kappa shape index (κ3) is 1.98. The normalized spacial score (nSPS) is 10.4. The van der Waals surface area contributed by atoms with Gasteiger partial charge in [-0.25, -0.2) is 0 Å². The third-order valence-corrected chi connectivity index (χ3v) is 2.42. The molecule has 0 aliphatic rings. The van der Waals surface area contributed by atoms with Gasteiger partial charge in [-0.2, -0.15) is 4.68 Å². The Balaban J connectivity index is 2.35. The lowest BCUT2D eigenvalue weighted by atomic mass is 10.2. The fraction of sp³-hybridized carbons (Fsp3) is 0.222. The van der Waals surface area contributed by atoms with Gasteiger partial charge in [0.05, 0.1) is 0 Å². The van der Waals surface area contributed by atoms with Crippen LogP contribution in [-0.4, -0.2) is 20.2 Å². The third-order valence-electron chi connectivity index (χ3n) is 2.06. The first-order valence-corrected chi connectivity index (χ1v) is 4.98. The van der Waals surface area contributed by atoms with Crippen LogP contribution >= 0.6 is 11.6 Å². The van der Waals surface area contributed by atoms with E-state index >= 15 is 0 Å². The maximum Gasteiger partial charge on any atom is 0.340 e. The molecule has 2 aromatic rings. The van der Waals surface area contributed by atoms with E-state index in [2.05, 4.69) is 15.5 Å². The van der Waals surface area contributed by atoms with Crippen molar-refractivity contribution in [2.24, 2.45) is 12.8 Å². The van der Waals surface area contributed by atoms with Gasteiger partial charge in [0.15, 0.2) is 0 Å². The summed E-state index contributed by atoms with van der Waals surface area (Å²) in [6, 6.07) is 5.59. The van der Waals surface area contributed by atoms with E-state index in [0.717, 1.165) is 5.56 Å². The summed E-state index contributed by atoms with van der Waals surface area (Å²) in [6.07, 6.45) is 0. The van der Waals surface area contributed by atoms with E-state index in [0.29, 0.717) is 17.3 Å². The Kier molecular flexibility index (Phi) is 3.02. The minimum atomic E-state index is 0.289. The zero-order valence-electron chi connectivity index (χ0n) is 8.59. The molecule has 0 aliphatic heterocycles. The molecule has 0 amide bonds. The Labute approximate surface area is 97.0 Å². The number of aryl methyl sites for hydroxylation is 1. The van der Waals surface area contributed by atoms with Gasteiger partial charge in [-0.3, -0.25) is 0 Å². The first kappa shape index (κ1) is 10.8. The van der Waals surface area contributed by atoms with Crippen molar-refractivity contribution < 1.29 is 4.74 Å². The lowest BCUT2D eigenvalue weighted by Gasteiger charge is -2.09. The second-order valence-electron chi connectivity index (χ2n) is 3.11. The summed E-state index contributed by atoms with van der Waals surface area (Å²) < 4.78 is 6.93. The minimum Gasteiger partial charge on any atom is -0.423 e. The predicted octanol–water partition coefficient (Wildman–Crippen LogP) is 1.11. The van der Waals surface area contributed by atoms with E-state index < -0.39 is 0 Å². The SMILES string of the molecule is Cn1nnnc1Oc1cccc(Cl)c1CN. The van der Waals surface area contributed by atoms with E-state index in [1.165, 1.54) is 4.68 Å². The summed E-state index contributed by atoms with van der Waals surface area (Å²) in [5.74, 6) is 0.563. The van der Waals surface area contributed by atoms with E-state index in [4.69, 9.17) is 22.1 Å². The van der Waals surface area contributed by atoms with Gasteiger partial charge < -0.3 is 10.5 Å². The second kappa shape index (κ2) is 4.46. The number of rotatable bonds is 3. The quantitative estimate of drug-likeness (QED) is 0.868. The summed E-state index contributed by atoms with van der Waals surface area (Å²) in [5.41, 5.74) is 6.32. The molecule has 1 aromatic heterocycles. The average Bonchev–Trinajstić information content (AvgIpc) is 2.65. The van der Waals surface area contributed by atoms with Gasteiger partial charge in [0, 0.05) is 24.2 Å². The first-order valence-electron chi connectivity index (χ1n) is 4.60. The maximum absolute atomic E-state index is 5.99. The Hall–Kier alpha value is -1.66. The summed E-state index contributed by atoms with van der Waals surface area (Å²) in [6.45, 7) is 0.292. The average molecular weight is 240 g/mol. The fourth-order valence-corrected chi connectivity index (χ4v) is 1.48. The lowest BCUT2D eigenvalue weighted by Crippen LogP contribution is -2.02. The molecule has 16 heavy (non-hydrogen) atoms. The van der Waals surface area contributed by atoms with Crippen molar-refractivity contribution in [3.8, 4) is 11.8 Å². The van der Waals surface area contributed by atoms with Crippen LogP contribution in [0, 0.1) is 0 Å². The van der Waals surface area contributed by atoms with Crippen LogP contribution in [0.4, 0.5) is 0 Å². The number of nitrogens with two attached hydrogens (primary N) is 1. The van der Waals surface area contributed by atoms with Crippen LogP contribution in [0.2, 0.25) is 5.02 Å². The van der Waals surface area contributed by atoms with Crippen LogP contribution in [0.3, 0.4) is 0 Å². The molecule has 1 aromatic carbocycles. The minimum absolute atomic E-state index is 0.289. The molecule has 0 fully saturated rings. The highest BCUT2D eigenvalue weighted by Crippen LogP contribution is 2.28. The molecule has 0 aliphatic carbocycles. The maximum atomic E-state index is 5.99. The number of aromatic nitrogens is 4. The van der Waals surface area contributed by atoms with Crippen molar-refractivity contribution in [2.45, 2.75) is 6.54 Å². The number of tetrazole rings is 1. The first-order chi connectivity index (χ1) is 7.72. The molecule has 0 bridgehead atoms. The second-order valence-corrected chi connectivity index (χ2v) is 3.51. The van der Waals surface area contributed by atoms with E-state index in [-0.39, 0.29) is 6.01 Å². The molecule has 84 valence electrons. The van der Waals surface area contributed by atoms with Crippen molar-refractivity contribution in [3.63, 3.8) is 0 Å². The molecule has 0 saturated carbocycles. The van der Waals surface area contributed by atoms with E-state index in [1.807, 2.05) is 0 Å². The molecule has 0 saturated heterocycles. The van der Waals surface area contributed by atoms with Crippen LogP contribution in [-0.2, 0) is 13.6 Å². The molecule has 0 atom stereocenters. The van der Waals surface area contributed by atoms with Crippen LogP contribution < -0.4 is 10.5 Å². The molecule has 0 spiro atoms. The lowest BCUT2D eigenvalue weighted by molar-refractivity contribution is 0.410. The van der Waals surface area contributed by atoms with Gasteiger partial charge in [0.2, 0.25) is 0 Å². The van der Waals surface area contributed by atoms with Crippen molar-refractivity contribution in [3.05, 3.63) is 28.8 Å². The smallest absolute Gasteiger partial charge is 0.340 e. The monoisotopic (exact) mass is 239 g/mol. The van der Waals surface area contributed by atoms with Crippen molar-refractivity contribution in [1.82, 2.24) is 20.2 Å². The highest BCUT2D eigenvalue weighted by molar-refractivity contribution is 6.31. The molecule has 1 heterocycles. The predicted molar refractivity (Wildman–Crippen MR) is 58.2 cm³/mol. The van der Waals surface area contributed by atoms with Crippen molar-refractivity contribution >= 4 is 11.6 Å². The Morgan fingerprint density at radius 1 is 1.50 bits per heavy atom. The summed E-state index contributed by atoms with van der Waals surface area (Å²) >= 11 is 5.99. The molecule has 7 heteroatoms. The molecule has 0 unspecified atom stereocenters. The van der Waals surface area contributed by atoms with Gasteiger partial charge in [-0.1, -0.05) is 22.8 Å². The molecular formula is C9H10ClN5O. The number of hydrogen-bond donors (Lipinski definition) is 1. The molecule has 0 radical (unpaired) electrons. The van der Waals surface area contributed by atoms with E-state index in [1.54, 1.807) is 25.2 Å². The van der Waals surface area contributed by atoms with Crippen molar-refractivity contribution in [1.29, 1.82) is 0 Å². The van der Waals surface area contributed by atoms with Gasteiger partial charge in [-0.15, -0.1) is 0 Å². The zero-order chi connectivity index (χ0) is 11.5. The molecule has 2 N–H and O–H groups in total. The number of benzene rings is 1. The van der Waals surface area contributed by atoms with Gasteiger partial charge in [-0.05, 0) is 22.6 Å². The zero-order valence-corrected chi connectivity index (χ0v) is 9.35. The Bertz CT molecular complexity index is 498. The standard InChI is InChI=1S/C9H10ClN5O/c1-15-9(12-13-14-15)16-8-4-2-3-7(10)6(8)5-11/h2-4H,5,11H2,1H3. The van der Waals surface area contributed by atoms with Gasteiger partial charge >= 0.3 is 6.01 Å². The van der Waals surface area contributed by atoms with Gasteiger partial charge in [0.1, 0.15) is 5.75 Å². The highest BCUT2D eigenvalue weighted by Gasteiger charge is 2.10. The van der Waals surface area contributed by atoms with E-state index in [9.17, 15) is 0 Å². The Morgan fingerprint density at radius 2 is 2.31 bits per heavy atom. The number of hydrogen-bond acceptors (Lipinski definition) is 5. The largest absolute Gasteiger partial charge is 0.423 e. The number of nitrogens with zero attached hydrogens (tertiary/aromatic N) is 4. The van der Waals surface area contributed by atoms with Crippen LogP contribution in [0.15, 0.2) is 18.2 Å². The number of halogens is 1. The topological polar surface area (TPSA) is 78.8 Å². The fourth-order valence-electron chi connectivity index (χ4n) is 1.24. The van der Waals surface area contributed by atoms with Gasteiger partial charge in [0.25, 0.3) is 0 Å². The van der Waals surface area contributed by atoms with Crippen molar-refractivity contribution in [2.75, 3.05) is 0 Å². The molecule has 6 nitrogen and oxygen atoms in total. The van der Waals surface area contributed by atoms with Crippen LogP contribution in [0.1, 0.15) is 5.56 Å². The van der Waals surface area contributed by atoms with Crippen LogP contribution in [0.25, 0.3) is 0 Å². The Morgan fingerprint density at radius 3 is 2.94 bits per heavy atom. The molecular weight excluding hydrogens is 230 g/mol. The summed E-state index contributed by atoms with van der Waals surface area (Å²) in [4.78, 5) is 0. The summed E-state index contributed by atoms with van der Waals surface area (Å²) in [5, 5.41) is 11.4. The summed E-state index contributed by atoms with van der Waals surface area (Å²) in [7, 11) is 1.68. The molecule has 2 rings (SSSR count). The highest BCUT2D eigenvalue weighted by atomic mass is 35.5.